The zero-order valence-corrected chi connectivity index (χ0v) is 22.7. The monoisotopic (exact) mass is 525 g/mol. The van der Waals surface area contributed by atoms with Gasteiger partial charge in [-0.05, 0) is 55.5 Å². The van der Waals surface area contributed by atoms with Gasteiger partial charge in [0.15, 0.2) is 0 Å². The van der Waals surface area contributed by atoms with Crippen molar-refractivity contribution in [2.45, 2.75) is 76.4 Å². The molecule has 1 heterocycles. The average Bonchev–Trinajstić information content (AvgIpc) is 3.28. The lowest BCUT2D eigenvalue weighted by Crippen LogP contribution is -2.35. The zero-order chi connectivity index (χ0) is 26.6. The number of rotatable bonds is 9. The number of nitrogens with zero attached hydrogens (tertiary/aromatic N) is 3. The summed E-state index contributed by atoms with van der Waals surface area (Å²) in [5.41, 5.74) is 2.85. The second-order valence-corrected chi connectivity index (χ2v) is 12.4. The molecule has 6 nitrogen and oxygen atoms in total. The third-order valence-corrected chi connectivity index (χ3v) is 8.39. The van der Waals surface area contributed by atoms with Gasteiger partial charge >= 0.3 is 0 Å². The lowest BCUT2D eigenvalue weighted by atomic mass is 9.95. The van der Waals surface area contributed by atoms with E-state index in [0.717, 1.165) is 43.2 Å². The molecule has 1 aliphatic carbocycles. The van der Waals surface area contributed by atoms with Gasteiger partial charge in [0.05, 0.1) is 24.2 Å². The van der Waals surface area contributed by atoms with Crippen molar-refractivity contribution < 1.29 is 17.6 Å². The van der Waals surface area contributed by atoms with Gasteiger partial charge in [0.25, 0.3) is 5.91 Å². The van der Waals surface area contributed by atoms with Gasteiger partial charge in [0.1, 0.15) is 5.82 Å². The maximum atomic E-state index is 13.6. The van der Waals surface area contributed by atoms with Crippen LogP contribution in [0.25, 0.3) is 0 Å². The molecule has 1 aliphatic rings. The molecule has 1 aromatic heterocycles. The van der Waals surface area contributed by atoms with E-state index in [1.54, 1.807) is 11.1 Å². The fraction of sp³-hybridized carbons (Fsp3) is 0.448. The first-order valence-electron chi connectivity index (χ1n) is 13.0. The number of benzene rings is 2. The summed E-state index contributed by atoms with van der Waals surface area (Å²) in [4.78, 5) is 19.6. The lowest BCUT2D eigenvalue weighted by Gasteiger charge is -2.29. The standard InChI is InChI=1S/C29H36FN3O3S/c1-21(2)18-32(28(34)24-12-14-25(30)15-13-24)19-27-17-31-29(33(27)26-10-5-4-6-11-26)37(35,36)20-23-9-7-8-22(3)16-23/h7-9,12-17,21,26H,4-6,10-11,18-20H2,1-3H3. The van der Waals surface area contributed by atoms with E-state index in [0.29, 0.717) is 17.8 Å². The number of sulfone groups is 1. The summed E-state index contributed by atoms with van der Waals surface area (Å²) < 4.78 is 42.6. The maximum absolute atomic E-state index is 13.6. The van der Waals surface area contributed by atoms with Crippen LogP contribution in [0.3, 0.4) is 0 Å². The molecule has 1 saturated carbocycles. The van der Waals surface area contributed by atoms with E-state index in [1.807, 2.05) is 49.6 Å². The van der Waals surface area contributed by atoms with Crippen molar-refractivity contribution in [1.29, 1.82) is 0 Å². The topological polar surface area (TPSA) is 72.3 Å². The van der Waals surface area contributed by atoms with Crippen LogP contribution in [-0.4, -0.2) is 35.3 Å². The van der Waals surface area contributed by atoms with Gasteiger partial charge in [-0.3, -0.25) is 4.79 Å². The van der Waals surface area contributed by atoms with E-state index in [-0.39, 0.29) is 35.3 Å². The van der Waals surface area contributed by atoms with Crippen molar-refractivity contribution in [2.75, 3.05) is 6.54 Å². The van der Waals surface area contributed by atoms with Crippen molar-refractivity contribution in [2.24, 2.45) is 5.92 Å². The first kappa shape index (κ1) is 27.0. The number of halogens is 1. The molecule has 4 rings (SSSR count). The summed E-state index contributed by atoms with van der Waals surface area (Å²) in [5, 5.41) is 0.0784. The van der Waals surface area contributed by atoms with E-state index in [4.69, 9.17) is 0 Å². The Kier molecular flexibility index (Phi) is 8.47. The van der Waals surface area contributed by atoms with Crippen molar-refractivity contribution >= 4 is 15.7 Å². The van der Waals surface area contributed by atoms with Crippen LogP contribution < -0.4 is 0 Å². The molecule has 2 aromatic carbocycles. The molecule has 3 aromatic rings. The maximum Gasteiger partial charge on any atom is 0.254 e. The van der Waals surface area contributed by atoms with Crippen molar-refractivity contribution in [3.05, 3.63) is 82.9 Å². The summed E-state index contributed by atoms with van der Waals surface area (Å²) >= 11 is 0. The first-order valence-corrected chi connectivity index (χ1v) is 14.7. The van der Waals surface area contributed by atoms with Crippen molar-refractivity contribution in [3.63, 3.8) is 0 Å². The first-order chi connectivity index (χ1) is 17.6. The molecular weight excluding hydrogens is 489 g/mol. The SMILES string of the molecule is Cc1cccc(CS(=O)(=O)c2ncc(CN(CC(C)C)C(=O)c3ccc(F)cc3)n2C2CCCCC2)c1. The zero-order valence-electron chi connectivity index (χ0n) is 21.9. The van der Waals surface area contributed by atoms with E-state index in [1.165, 1.54) is 24.3 Å². The highest BCUT2D eigenvalue weighted by atomic mass is 32.2. The Morgan fingerprint density at radius 3 is 2.46 bits per heavy atom. The number of aromatic nitrogens is 2. The normalized spacial score (nSPS) is 14.7. The minimum Gasteiger partial charge on any atom is -0.333 e. The summed E-state index contributed by atoms with van der Waals surface area (Å²) in [6.45, 7) is 6.72. The Labute approximate surface area is 219 Å². The van der Waals surface area contributed by atoms with Gasteiger partial charge in [-0.15, -0.1) is 0 Å². The third-order valence-electron chi connectivity index (χ3n) is 6.81. The summed E-state index contributed by atoms with van der Waals surface area (Å²) in [7, 11) is -3.72. The van der Waals surface area contributed by atoms with Crippen LogP contribution in [0.4, 0.5) is 4.39 Å². The van der Waals surface area contributed by atoms with Gasteiger partial charge in [0, 0.05) is 18.2 Å². The van der Waals surface area contributed by atoms with Crippen LogP contribution in [0.15, 0.2) is 59.9 Å². The molecule has 0 aliphatic heterocycles. The molecule has 0 N–H and O–H groups in total. The Morgan fingerprint density at radius 2 is 1.81 bits per heavy atom. The van der Waals surface area contributed by atoms with Crippen LogP contribution in [0, 0.1) is 18.7 Å². The van der Waals surface area contributed by atoms with Gasteiger partial charge in [0.2, 0.25) is 15.0 Å². The average molecular weight is 526 g/mol. The Hall–Kier alpha value is -3.00. The van der Waals surface area contributed by atoms with E-state index < -0.39 is 15.7 Å². The summed E-state index contributed by atoms with van der Waals surface area (Å²) in [6.07, 6.45) is 6.57. The highest BCUT2D eigenvalue weighted by Gasteiger charge is 2.30. The number of carbonyl (C=O) groups is 1. The second-order valence-electron chi connectivity index (χ2n) is 10.5. The van der Waals surface area contributed by atoms with Crippen LogP contribution in [-0.2, 0) is 22.1 Å². The predicted molar refractivity (Wildman–Crippen MR) is 142 cm³/mol. The Morgan fingerprint density at radius 1 is 1.11 bits per heavy atom. The Balaban J connectivity index is 1.70. The molecule has 0 spiro atoms. The molecule has 8 heteroatoms. The van der Waals surface area contributed by atoms with Gasteiger partial charge in [-0.2, -0.15) is 0 Å². The molecule has 0 bridgehead atoms. The number of hydrogen-bond donors (Lipinski definition) is 0. The molecule has 0 atom stereocenters. The number of hydrogen-bond acceptors (Lipinski definition) is 4. The summed E-state index contributed by atoms with van der Waals surface area (Å²) in [5.74, 6) is -0.540. The van der Waals surface area contributed by atoms with E-state index in [2.05, 4.69) is 4.98 Å². The number of imidazole rings is 1. The molecular formula is C29H36FN3O3S. The molecule has 0 saturated heterocycles. The van der Waals surface area contributed by atoms with Crippen molar-refractivity contribution in [3.8, 4) is 0 Å². The largest absolute Gasteiger partial charge is 0.333 e. The Bertz CT molecular complexity index is 1330. The minimum atomic E-state index is -3.72. The molecule has 37 heavy (non-hydrogen) atoms. The number of aryl methyl sites for hydroxylation is 1. The fourth-order valence-corrected chi connectivity index (χ4v) is 6.70. The van der Waals surface area contributed by atoms with Gasteiger partial charge < -0.3 is 9.47 Å². The molecule has 1 amide bonds. The van der Waals surface area contributed by atoms with Gasteiger partial charge in [-0.1, -0.05) is 62.9 Å². The highest BCUT2D eigenvalue weighted by molar-refractivity contribution is 7.90. The van der Waals surface area contributed by atoms with Crippen LogP contribution in [0.2, 0.25) is 0 Å². The molecule has 1 fully saturated rings. The van der Waals surface area contributed by atoms with E-state index >= 15 is 0 Å². The molecule has 198 valence electrons. The fourth-order valence-electron chi connectivity index (χ4n) is 5.17. The van der Waals surface area contributed by atoms with Crippen LogP contribution in [0.1, 0.15) is 79.2 Å². The molecule has 0 radical (unpaired) electrons. The summed E-state index contributed by atoms with van der Waals surface area (Å²) in [6, 6.07) is 13.1. The molecule has 0 unspecified atom stereocenters. The number of amides is 1. The van der Waals surface area contributed by atoms with Crippen molar-refractivity contribution in [1.82, 2.24) is 14.5 Å². The quantitative estimate of drug-likeness (QED) is 0.338. The number of carbonyl (C=O) groups excluding carboxylic acids is 1. The third kappa shape index (κ3) is 6.66. The minimum absolute atomic E-state index is 0.0235. The second kappa shape index (κ2) is 11.6. The predicted octanol–water partition coefficient (Wildman–Crippen LogP) is 6.11. The highest BCUT2D eigenvalue weighted by Crippen LogP contribution is 2.33. The van der Waals surface area contributed by atoms with Crippen LogP contribution >= 0.6 is 0 Å². The van der Waals surface area contributed by atoms with Gasteiger partial charge in [-0.25, -0.2) is 17.8 Å². The smallest absolute Gasteiger partial charge is 0.254 e. The van der Waals surface area contributed by atoms with E-state index in [9.17, 15) is 17.6 Å². The lowest BCUT2D eigenvalue weighted by molar-refractivity contribution is 0.0716. The van der Waals surface area contributed by atoms with Crippen LogP contribution in [0.5, 0.6) is 0 Å².